The highest BCUT2D eigenvalue weighted by Crippen LogP contribution is 2.07. The first-order valence-electron chi connectivity index (χ1n) is 4.51. The van der Waals surface area contributed by atoms with Gasteiger partial charge in [0, 0.05) is 18.6 Å². The smallest absolute Gasteiger partial charge is 0.0859 e. The third-order valence-corrected chi connectivity index (χ3v) is 1.85. The molecule has 4 nitrogen and oxygen atoms in total. The highest BCUT2D eigenvalue weighted by atomic mass is 14.8. The zero-order valence-electron chi connectivity index (χ0n) is 8.04. The van der Waals surface area contributed by atoms with Crippen LogP contribution in [0.3, 0.4) is 0 Å². The van der Waals surface area contributed by atoms with Gasteiger partial charge in [-0.05, 0) is 18.2 Å². The van der Waals surface area contributed by atoms with Gasteiger partial charge in [-0.3, -0.25) is 15.0 Å². The summed E-state index contributed by atoms with van der Waals surface area (Å²) in [6, 6.07) is 5.58. The lowest BCUT2D eigenvalue weighted by Crippen LogP contribution is -1.98. The van der Waals surface area contributed by atoms with E-state index in [1.54, 1.807) is 30.9 Å². The minimum atomic E-state index is 0.580. The summed E-state index contributed by atoms with van der Waals surface area (Å²) >= 11 is 0. The molecule has 0 radical (unpaired) electrons. The monoisotopic (exact) mass is 198 g/mol. The van der Waals surface area contributed by atoms with Crippen LogP contribution in [0.4, 0.5) is 0 Å². The van der Waals surface area contributed by atoms with Gasteiger partial charge >= 0.3 is 0 Å². The van der Waals surface area contributed by atoms with Crippen molar-refractivity contribution in [3.05, 3.63) is 54.4 Å². The van der Waals surface area contributed by atoms with Crippen molar-refractivity contribution < 1.29 is 0 Å². The number of nitrogens with zero attached hydrogens (tertiary/aromatic N) is 3. The Bertz CT molecular complexity index is 451. The van der Waals surface area contributed by atoms with Crippen LogP contribution in [0.25, 0.3) is 11.8 Å². The molecule has 2 rings (SSSR count). The fourth-order valence-corrected chi connectivity index (χ4v) is 1.15. The van der Waals surface area contributed by atoms with Crippen molar-refractivity contribution in [2.24, 2.45) is 5.73 Å². The Morgan fingerprint density at radius 2 is 2.07 bits per heavy atom. The van der Waals surface area contributed by atoms with Crippen molar-refractivity contribution in [1.29, 1.82) is 0 Å². The van der Waals surface area contributed by atoms with E-state index in [1.165, 1.54) is 0 Å². The average Bonchev–Trinajstić information content (AvgIpc) is 2.31. The molecule has 0 aliphatic carbocycles. The minimum absolute atomic E-state index is 0.580. The van der Waals surface area contributed by atoms with Crippen molar-refractivity contribution in [3.63, 3.8) is 0 Å². The largest absolute Gasteiger partial charge is 0.397 e. The zero-order chi connectivity index (χ0) is 10.5. The molecule has 2 aromatic heterocycles. The molecular formula is C11H10N4. The Kier molecular flexibility index (Phi) is 2.69. The van der Waals surface area contributed by atoms with E-state index in [2.05, 4.69) is 15.0 Å². The average molecular weight is 198 g/mol. The van der Waals surface area contributed by atoms with E-state index in [4.69, 9.17) is 5.73 Å². The standard InChI is InChI=1S/C11H10N4/c12-10(11-3-1-2-4-15-11)7-9-8-13-5-6-14-9/h1-8H,12H2/b10-7-. The molecule has 0 aromatic carbocycles. The van der Waals surface area contributed by atoms with Crippen molar-refractivity contribution in [2.75, 3.05) is 0 Å². The van der Waals surface area contributed by atoms with Crippen molar-refractivity contribution in [1.82, 2.24) is 15.0 Å². The topological polar surface area (TPSA) is 64.7 Å². The number of rotatable bonds is 2. The number of pyridine rings is 1. The van der Waals surface area contributed by atoms with Crippen LogP contribution in [0.2, 0.25) is 0 Å². The number of hydrogen-bond acceptors (Lipinski definition) is 4. The number of hydrogen-bond donors (Lipinski definition) is 1. The SMILES string of the molecule is N/C(=C\c1cnccn1)c1ccccn1. The molecule has 0 bridgehead atoms. The molecule has 0 saturated heterocycles. The molecule has 0 aliphatic heterocycles. The van der Waals surface area contributed by atoms with Crippen LogP contribution in [0.1, 0.15) is 11.4 Å². The predicted octanol–water partition coefficient (Wildman–Crippen LogP) is 1.33. The van der Waals surface area contributed by atoms with Gasteiger partial charge in [0.05, 0.1) is 23.3 Å². The van der Waals surface area contributed by atoms with E-state index in [0.29, 0.717) is 5.70 Å². The maximum atomic E-state index is 5.86. The second kappa shape index (κ2) is 4.32. The summed E-state index contributed by atoms with van der Waals surface area (Å²) in [5, 5.41) is 0. The molecule has 2 aromatic rings. The van der Waals surface area contributed by atoms with Gasteiger partial charge in [-0.1, -0.05) is 6.07 Å². The first-order chi connectivity index (χ1) is 7.36. The maximum Gasteiger partial charge on any atom is 0.0859 e. The molecule has 15 heavy (non-hydrogen) atoms. The highest BCUT2D eigenvalue weighted by Gasteiger charge is 1.97. The summed E-state index contributed by atoms with van der Waals surface area (Å²) in [5.41, 5.74) is 7.90. The lowest BCUT2D eigenvalue weighted by molar-refractivity contribution is 1.18. The van der Waals surface area contributed by atoms with Crippen molar-refractivity contribution in [3.8, 4) is 0 Å². The van der Waals surface area contributed by atoms with E-state index in [0.717, 1.165) is 11.4 Å². The molecule has 0 fully saturated rings. The van der Waals surface area contributed by atoms with E-state index in [9.17, 15) is 0 Å². The van der Waals surface area contributed by atoms with Crippen LogP contribution < -0.4 is 5.73 Å². The third kappa shape index (κ3) is 2.37. The Hall–Kier alpha value is -2.23. The minimum Gasteiger partial charge on any atom is -0.397 e. The summed E-state index contributed by atoms with van der Waals surface area (Å²) in [4.78, 5) is 12.2. The van der Waals surface area contributed by atoms with E-state index in [1.807, 2.05) is 18.2 Å². The Morgan fingerprint density at radius 3 is 2.73 bits per heavy atom. The van der Waals surface area contributed by atoms with Gasteiger partial charge in [0.2, 0.25) is 0 Å². The molecule has 74 valence electrons. The molecule has 0 spiro atoms. The second-order valence-corrected chi connectivity index (χ2v) is 2.94. The molecule has 4 heteroatoms. The van der Waals surface area contributed by atoms with Gasteiger partial charge in [0.25, 0.3) is 0 Å². The van der Waals surface area contributed by atoms with Crippen LogP contribution in [0.15, 0.2) is 43.0 Å². The quantitative estimate of drug-likeness (QED) is 0.790. The summed E-state index contributed by atoms with van der Waals surface area (Å²) in [7, 11) is 0. The van der Waals surface area contributed by atoms with E-state index < -0.39 is 0 Å². The van der Waals surface area contributed by atoms with Crippen molar-refractivity contribution in [2.45, 2.75) is 0 Å². The molecule has 0 aliphatic rings. The van der Waals surface area contributed by atoms with Crippen LogP contribution in [-0.4, -0.2) is 15.0 Å². The molecule has 2 heterocycles. The van der Waals surface area contributed by atoms with Gasteiger partial charge in [-0.15, -0.1) is 0 Å². The number of nitrogens with two attached hydrogens (primary N) is 1. The molecular weight excluding hydrogens is 188 g/mol. The summed E-state index contributed by atoms with van der Waals surface area (Å²) in [6.07, 6.45) is 8.34. The molecule has 0 saturated carbocycles. The van der Waals surface area contributed by atoms with Crippen LogP contribution in [0, 0.1) is 0 Å². The summed E-state index contributed by atoms with van der Waals surface area (Å²) in [6.45, 7) is 0. The summed E-state index contributed by atoms with van der Waals surface area (Å²) < 4.78 is 0. The zero-order valence-corrected chi connectivity index (χ0v) is 8.04. The Labute approximate surface area is 87.5 Å². The molecule has 0 atom stereocenters. The van der Waals surface area contributed by atoms with Crippen LogP contribution in [0.5, 0.6) is 0 Å². The lowest BCUT2D eigenvalue weighted by atomic mass is 10.2. The summed E-state index contributed by atoms with van der Waals surface area (Å²) in [5.74, 6) is 0. The van der Waals surface area contributed by atoms with Gasteiger partial charge in [-0.25, -0.2) is 0 Å². The van der Waals surface area contributed by atoms with Crippen molar-refractivity contribution >= 4 is 11.8 Å². The Morgan fingerprint density at radius 1 is 1.13 bits per heavy atom. The Balaban J connectivity index is 2.29. The fraction of sp³-hybridized carbons (Fsp3) is 0. The fourth-order valence-electron chi connectivity index (χ4n) is 1.15. The van der Waals surface area contributed by atoms with Crippen LogP contribution in [-0.2, 0) is 0 Å². The first-order valence-corrected chi connectivity index (χ1v) is 4.51. The van der Waals surface area contributed by atoms with E-state index >= 15 is 0 Å². The van der Waals surface area contributed by atoms with Gasteiger partial charge in [0.15, 0.2) is 0 Å². The van der Waals surface area contributed by atoms with Crippen LogP contribution >= 0.6 is 0 Å². The molecule has 2 N–H and O–H groups in total. The first kappa shape index (κ1) is 9.33. The lowest BCUT2D eigenvalue weighted by Gasteiger charge is -1.99. The maximum absolute atomic E-state index is 5.86. The second-order valence-electron chi connectivity index (χ2n) is 2.94. The molecule has 0 amide bonds. The van der Waals surface area contributed by atoms with Gasteiger partial charge in [-0.2, -0.15) is 0 Å². The van der Waals surface area contributed by atoms with E-state index in [-0.39, 0.29) is 0 Å². The normalized spacial score (nSPS) is 11.3. The van der Waals surface area contributed by atoms with Gasteiger partial charge < -0.3 is 5.73 Å². The van der Waals surface area contributed by atoms with Gasteiger partial charge in [0.1, 0.15) is 0 Å². The predicted molar refractivity (Wildman–Crippen MR) is 58.3 cm³/mol. The number of aromatic nitrogens is 3. The highest BCUT2D eigenvalue weighted by molar-refractivity contribution is 5.76. The third-order valence-electron chi connectivity index (χ3n) is 1.85. The molecule has 0 unspecified atom stereocenters.